The molecule has 0 aliphatic carbocycles. The van der Waals surface area contributed by atoms with Crippen LogP contribution in [0.2, 0.25) is 0 Å². The van der Waals surface area contributed by atoms with Gasteiger partial charge in [0.15, 0.2) is 5.13 Å². The smallest absolute Gasteiger partial charge is 0.253 e. The number of amides is 2. The quantitative estimate of drug-likeness (QED) is 0.423. The predicted octanol–water partition coefficient (Wildman–Crippen LogP) is 4.99. The van der Waals surface area contributed by atoms with Crippen LogP contribution in [0.15, 0.2) is 72.6 Å². The van der Waals surface area contributed by atoms with E-state index in [2.05, 4.69) is 26.7 Å². The third-order valence-electron chi connectivity index (χ3n) is 4.74. The lowest BCUT2D eigenvalue weighted by Crippen LogP contribution is -2.41. The summed E-state index contributed by atoms with van der Waals surface area (Å²) in [6, 6.07) is 13.0. The number of nitrogens with zero attached hydrogens (tertiary/aromatic N) is 3. The minimum absolute atomic E-state index is 0.295. The second-order valence-electron chi connectivity index (χ2n) is 7.10. The molecule has 33 heavy (non-hydrogen) atoms. The van der Waals surface area contributed by atoms with Crippen molar-refractivity contribution in [2.75, 3.05) is 5.32 Å². The van der Waals surface area contributed by atoms with Crippen LogP contribution in [0, 0.1) is 0 Å². The van der Waals surface area contributed by atoms with E-state index in [0.717, 1.165) is 22.4 Å². The fourth-order valence-electron chi connectivity index (χ4n) is 3.06. The lowest BCUT2D eigenvalue weighted by Gasteiger charge is -2.12. The number of rotatable bonds is 6. The first-order valence-corrected chi connectivity index (χ1v) is 11.6. The van der Waals surface area contributed by atoms with Gasteiger partial charge < -0.3 is 15.2 Å². The summed E-state index contributed by atoms with van der Waals surface area (Å²) < 4.78 is 1.78. The van der Waals surface area contributed by atoms with Crippen LogP contribution < -0.4 is 10.6 Å². The second-order valence-corrected chi connectivity index (χ2v) is 7.96. The van der Waals surface area contributed by atoms with Gasteiger partial charge in [0.1, 0.15) is 6.04 Å². The summed E-state index contributed by atoms with van der Waals surface area (Å²) in [6.45, 7) is 5.64. The number of hydrogen-bond donors (Lipinski definition) is 2. The Morgan fingerprint density at radius 3 is 2.45 bits per heavy atom. The van der Waals surface area contributed by atoms with Crippen molar-refractivity contribution in [3.05, 3.63) is 78.2 Å². The van der Waals surface area contributed by atoms with E-state index >= 15 is 0 Å². The van der Waals surface area contributed by atoms with Crippen LogP contribution in [0.25, 0.3) is 22.4 Å². The molecule has 2 N–H and O–H groups in total. The molecule has 4 aromatic rings. The molecule has 1 unspecified atom stereocenters. The summed E-state index contributed by atoms with van der Waals surface area (Å²) in [5.74, 6) is -0.619. The third kappa shape index (κ3) is 6.14. The SMILES string of the molecule is CC.CC(NC(=O)c1ccn(C)c1)C(=O)Nc1nc(-c2cccc(-c3ccncc3)c2)cs1. The van der Waals surface area contributed by atoms with E-state index in [0.29, 0.717) is 10.7 Å². The Morgan fingerprint density at radius 1 is 1.03 bits per heavy atom. The second kappa shape index (κ2) is 11.2. The summed E-state index contributed by atoms with van der Waals surface area (Å²) in [5.41, 5.74) is 4.38. The van der Waals surface area contributed by atoms with Gasteiger partial charge in [0.25, 0.3) is 5.91 Å². The maximum Gasteiger partial charge on any atom is 0.253 e. The number of pyridine rings is 1. The fourth-order valence-corrected chi connectivity index (χ4v) is 3.79. The lowest BCUT2D eigenvalue weighted by molar-refractivity contribution is -0.117. The Balaban J connectivity index is 0.00000149. The van der Waals surface area contributed by atoms with E-state index < -0.39 is 6.04 Å². The highest BCUT2D eigenvalue weighted by molar-refractivity contribution is 7.14. The molecule has 7 nitrogen and oxygen atoms in total. The van der Waals surface area contributed by atoms with Gasteiger partial charge in [-0.25, -0.2) is 4.98 Å². The summed E-state index contributed by atoms with van der Waals surface area (Å²) in [4.78, 5) is 33.3. The van der Waals surface area contributed by atoms with Gasteiger partial charge in [-0.15, -0.1) is 11.3 Å². The Kier molecular flexibility index (Phi) is 8.10. The van der Waals surface area contributed by atoms with E-state index in [1.807, 2.05) is 56.6 Å². The minimum Gasteiger partial charge on any atom is -0.356 e. The molecule has 3 aromatic heterocycles. The number of benzene rings is 1. The molecule has 0 spiro atoms. The van der Waals surface area contributed by atoms with Crippen molar-refractivity contribution in [3.8, 4) is 22.4 Å². The number of thiazole rings is 1. The summed E-state index contributed by atoms with van der Waals surface area (Å²) in [7, 11) is 1.83. The van der Waals surface area contributed by atoms with Gasteiger partial charge in [-0.2, -0.15) is 0 Å². The van der Waals surface area contributed by atoms with Gasteiger partial charge in [0.2, 0.25) is 5.91 Å². The van der Waals surface area contributed by atoms with Gasteiger partial charge >= 0.3 is 0 Å². The summed E-state index contributed by atoms with van der Waals surface area (Å²) in [6.07, 6.45) is 7.00. The van der Waals surface area contributed by atoms with Crippen molar-refractivity contribution in [3.63, 3.8) is 0 Å². The average Bonchev–Trinajstić information content (AvgIpc) is 3.50. The molecule has 0 saturated carbocycles. The zero-order valence-corrected chi connectivity index (χ0v) is 19.9. The normalized spacial score (nSPS) is 11.2. The molecule has 3 heterocycles. The van der Waals surface area contributed by atoms with Crippen molar-refractivity contribution in [2.24, 2.45) is 7.05 Å². The Morgan fingerprint density at radius 2 is 1.76 bits per heavy atom. The lowest BCUT2D eigenvalue weighted by atomic mass is 10.0. The van der Waals surface area contributed by atoms with Gasteiger partial charge in [0.05, 0.1) is 11.3 Å². The van der Waals surface area contributed by atoms with Crippen LogP contribution in [-0.2, 0) is 11.8 Å². The number of aryl methyl sites for hydroxylation is 1. The van der Waals surface area contributed by atoms with Crippen molar-refractivity contribution in [1.29, 1.82) is 0 Å². The van der Waals surface area contributed by atoms with Gasteiger partial charge in [-0.3, -0.25) is 14.6 Å². The van der Waals surface area contributed by atoms with Crippen LogP contribution in [0.5, 0.6) is 0 Å². The number of hydrogen-bond acceptors (Lipinski definition) is 5. The Bertz CT molecular complexity index is 1220. The van der Waals surface area contributed by atoms with Crippen LogP contribution in [0.1, 0.15) is 31.1 Å². The number of aromatic nitrogens is 3. The molecule has 0 aliphatic heterocycles. The highest BCUT2D eigenvalue weighted by Gasteiger charge is 2.18. The molecular formula is C25H27N5O2S. The zero-order chi connectivity index (χ0) is 23.8. The van der Waals surface area contributed by atoms with E-state index in [-0.39, 0.29) is 11.8 Å². The molecule has 0 bridgehead atoms. The first-order chi connectivity index (χ1) is 16.0. The number of carbonyl (C=O) groups excluding carboxylic acids is 2. The molecule has 0 radical (unpaired) electrons. The predicted molar refractivity (Wildman–Crippen MR) is 133 cm³/mol. The maximum atomic E-state index is 12.5. The highest BCUT2D eigenvalue weighted by Crippen LogP contribution is 2.28. The number of nitrogens with one attached hydrogen (secondary N) is 2. The molecule has 0 saturated heterocycles. The Hall–Kier alpha value is -3.78. The minimum atomic E-state index is -0.699. The molecule has 1 aromatic carbocycles. The fraction of sp³-hybridized carbons (Fsp3) is 0.200. The number of anilines is 1. The monoisotopic (exact) mass is 461 g/mol. The Labute approximate surface area is 197 Å². The van der Waals surface area contributed by atoms with E-state index in [1.54, 1.807) is 42.3 Å². The zero-order valence-electron chi connectivity index (χ0n) is 19.1. The molecule has 0 fully saturated rings. The van der Waals surface area contributed by atoms with Crippen molar-refractivity contribution in [2.45, 2.75) is 26.8 Å². The first kappa shape index (κ1) is 23.9. The molecule has 4 rings (SSSR count). The van der Waals surface area contributed by atoms with Crippen LogP contribution >= 0.6 is 11.3 Å². The van der Waals surface area contributed by atoms with Crippen LogP contribution in [0.3, 0.4) is 0 Å². The molecule has 8 heteroatoms. The van der Waals surface area contributed by atoms with Gasteiger partial charge in [-0.1, -0.05) is 32.0 Å². The maximum absolute atomic E-state index is 12.5. The average molecular weight is 462 g/mol. The highest BCUT2D eigenvalue weighted by atomic mass is 32.1. The van der Waals surface area contributed by atoms with Gasteiger partial charge in [-0.05, 0) is 42.3 Å². The van der Waals surface area contributed by atoms with E-state index in [9.17, 15) is 9.59 Å². The van der Waals surface area contributed by atoms with Crippen LogP contribution in [-0.4, -0.2) is 32.4 Å². The molecule has 0 aliphatic rings. The first-order valence-electron chi connectivity index (χ1n) is 10.7. The van der Waals surface area contributed by atoms with Gasteiger partial charge in [0, 0.05) is 42.8 Å². The number of carbonyl (C=O) groups is 2. The van der Waals surface area contributed by atoms with Crippen molar-refractivity contribution >= 4 is 28.3 Å². The van der Waals surface area contributed by atoms with Crippen LogP contribution in [0.4, 0.5) is 5.13 Å². The van der Waals surface area contributed by atoms with E-state index in [1.165, 1.54) is 11.3 Å². The third-order valence-corrected chi connectivity index (χ3v) is 5.50. The van der Waals surface area contributed by atoms with Crippen molar-refractivity contribution in [1.82, 2.24) is 19.9 Å². The topological polar surface area (TPSA) is 88.9 Å². The van der Waals surface area contributed by atoms with Crippen molar-refractivity contribution < 1.29 is 9.59 Å². The molecule has 2 amide bonds. The summed E-state index contributed by atoms with van der Waals surface area (Å²) in [5, 5.41) is 7.86. The molecular weight excluding hydrogens is 434 g/mol. The molecule has 1 atom stereocenters. The van der Waals surface area contributed by atoms with E-state index in [4.69, 9.17) is 0 Å². The summed E-state index contributed by atoms with van der Waals surface area (Å²) >= 11 is 1.34. The standard InChI is InChI=1S/C23H21N5O2S.C2H6/c1-15(25-22(30)19-8-11-28(2)13-19)21(29)27-23-26-20(14-31-23)18-5-3-4-17(12-18)16-6-9-24-10-7-16;1-2/h3-15H,1-2H3,(H,25,30)(H,26,27,29);1-2H3. The largest absolute Gasteiger partial charge is 0.356 e. The molecule has 170 valence electrons.